The second-order valence-electron chi connectivity index (χ2n) is 16.5. The van der Waals surface area contributed by atoms with Crippen LogP contribution in [0.1, 0.15) is 60.8 Å². The topological polar surface area (TPSA) is 3.24 Å². The van der Waals surface area contributed by atoms with E-state index in [4.69, 9.17) is 0 Å². The SMILES string of the molecule is C1=Cc2ccc(N(c3ccc(-c4ccc5c(c4)-c4ccccc4C54C5CC6CC(C5)CC4C6)cc3)c3ccc4c(c3)sc3ccccc34)cc2CC1. The molecule has 6 aliphatic rings. The second-order valence-corrected chi connectivity index (χ2v) is 17.5. The Labute approximate surface area is 310 Å². The van der Waals surface area contributed by atoms with Crippen LogP contribution >= 0.6 is 11.3 Å². The van der Waals surface area contributed by atoms with E-state index >= 15 is 0 Å². The van der Waals surface area contributed by atoms with Gasteiger partial charge in [-0.1, -0.05) is 91.0 Å². The Kier molecular flexibility index (Phi) is 6.29. The van der Waals surface area contributed by atoms with Crippen molar-refractivity contribution in [2.75, 3.05) is 4.90 Å². The highest BCUT2D eigenvalue weighted by atomic mass is 32.1. The largest absolute Gasteiger partial charge is 0.310 e. The number of hydrogen-bond donors (Lipinski definition) is 0. The van der Waals surface area contributed by atoms with E-state index in [9.17, 15) is 0 Å². The Bertz CT molecular complexity index is 2570. The van der Waals surface area contributed by atoms with Gasteiger partial charge in [-0.3, -0.25) is 0 Å². The maximum atomic E-state index is 2.55. The van der Waals surface area contributed by atoms with E-state index in [0.717, 1.165) is 36.5 Å². The van der Waals surface area contributed by atoms with Crippen LogP contribution in [0.3, 0.4) is 0 Å². The molecule has 4 bridgehead atoms. The Morgan fingerprint density at radius 3 is 2.10 bits per heavy atom. The average molecular weight is 688 g/mol. The molecule has 1 heterocycles. The van der Waals surface area contributed by atoms with E-state index in [1.54, 1.807) is 11.1 Å². The molecule has 52 heavy (non-hydrogen) atoms. The highest BCUT2D eigenvalue weighted by Gasteiger charge is 2.61. The van der Waals surface area contributed by atoms with Crippen molar-refractivity contribution >= 4 is 54.6 Å². The maximum absolute atomic E-state index is 2.55. The van der Waals surface area contributed by atoms with Crippen molar-refractivity contribution in [3.63, 3.8) is 0 Å². The molecule has 1 nitrogen and oxygen atoms in total. The zero-order valence-corrected chi connectivity index (χ0v) is 30.2. The van der Waals surface area contributed by atoms with Gasteiger partial charge in [0.15, 0.2) is 0 Å². The van der Waals surface area contributed by atoms with Crippen LogP contribution in [-0.2, 0) is 11.8 Å². The zero-order valence-electron chi connectivity index (χ0n) is 29.4. The number of anilines is 3. The Morgan fingerprint density at radius 2 is 1.23 bits per heavy atom. The van der Waals surface area contributed by atoms with E-state index in [0.29, 0.717) is 0 Å². The second kappa shape index (κ2) is 11.0. The first-order valence-electron chi connectivity index (χ1n) is 19.6. The minimum Gasteiger partial charge on any atom is -0.310 e. The summed E-state index contributed by atoms with van der Waals surface area (Å²) in [6.07, 6.45) is 14.0. The van der Waals surface area contributed by atoms with Gasteiger partial charge in [-0.05, 0) is 162 Å². The molecule has 6 aromatic carbocycles. The summed E-state index contributed by atoms with van der Waals surface area (Å²) < 4.78 is 2.67. The molecule has 0 N–H and O–H groups in total. The molecule has 6 aliphatic carbocycles. The number of aryl methyl sites for hydroxylation is 1. The number of allylic oxidation sites excluding steroid dienone is 1. The molecule has 252 valence electrons. The minimum atomic E-state index is 0.225. The third-order valence-electron chi connectivity index (χ3n) is 13.9. The maximum Gasteiger partial charge on any atom is 0.0476 e. The van der Waals surface area contributed by atoms with Crippen molar-refractivity contribution in [2.24, 2.45) is 23.7 Å². The molecule has 0 amide bonds. The fraction of sp³-hybridized carbons (Fsp3) is 0.240. The molecule has 0 radical (unpaired) electrons. The lowest BCUT2D eigenvalue weighted by molar-refractivity contribution is -0.0399. The molecule has 4 saturated carbocycles. The molecule has 0 aliphatic heterocycles. The van der Waals surface area contributed by atoms with Crippen LogP contribution in [0.4, 0.5) is 17.1 Å². The van der Waals surface area contributed by atoms with Crippen LogP contribution in [0.2, 0.25) is 0 Å². The third-order valence-corrected chi connectivity index (χ3v) is 15.0. The minimum absolute atomic E-state index is 0.225. The Morgan fingerprint density at radius 1 is 0.538 bits per heavy atom. The molecule has 0 saturated heterocycles. The lowest BCUT2D eigenvalue weighted by atomic mass is 9.43. The highest BCUT2D eigenvalue weighted by Crippen LogP contribution is 2.69. The molecule has 0 atom stereocenters. The van der Waals surface area contributed by atoms with Gasteiger partial charge >= 0.3 is 0 Å². The van der Waals surface area contributed by atoms with E-state index in [1.807, 2.05) is 11.3 Å². The van der Waals surface area contributed by atoms with Gasteiger partial charge in [0.25, 0.3) is 0 Å². The first kappa shape index (κ1) is 29.6. The van der Waals surface area contributed by atoms with E-state index in [-0.39, 0.29) is 5.41 Å². The van der Waals surface area contributed by atoms with Gasteiger partial charge in [0.05, 0.1) is 0 Å². The lowest BCUT2D eigenvalue weighted by Crippen LogP contribution is -2.55. The van der Waals surface area contributed by atoms with Crippen LogP contribution in [0, 0.1) is 23.7 Å². The van der Waals surface area contributed by atoms with Crippen molar-refractivity contribution in [1.82, 2.24) is 0 Å². The van der Waals surface area contributed by atoms with Crippen LogP contribution in [0.15, 0.2) is 133 Å². The molecule has 13 rings (SSSR count). The number of hydrogen-bond acceptors (Lipinski definition) is 2. The summed E-state index contributed by atoms with van der Waals surface area (Å²) >= 11 is 1.89. The molecule has 4 fully saturated rings. The van der Waals surface area contributed by atoms with Crippen LogP contribution in [0.5, 0.6) is 0 Å². The first-order valence-corrected chi connectivity index (χ1v) is 20.4. The van der Waals surface area contributed by atoms with Crippen molar-refractivity contribution < 1.29 is 0 Å². The third kappa shape index (κ3) is 4.16. The monoisotopic (exact) mass is 687 g/mol. The van der Waals surface area contributed by atoms with Crippen LogP contribution in [0.25, 0.3) is 48.5 Å². The summed E-state index contributed by atoms with van der Waals surface area (Å²) in [5.74, 6) is 3.53. The van der Waals surface area contributed by atoms with Gasteiger partial charge in [0.2, 0.25) is 0 Å². The summed E-state index contributed by atoms with van der Waals surface area (Å²) in [6, 6.07) is 49.2. The van der Waals surface area contributed by atoms with Gasteiger partial charge in [-0.15, -0.1) is 11.3 Å². The summed E-state index contributed by atoms with van der Waals surface area (Å²) in [4.78, 5) is 2.46. The normalized spacial score (nSPS) is 24.8. The predicted molar refractivity (Wildman–Crippen MR) is 220 cm³/mol. The van der Waals surface area contributed by atoms with Crippen molar-refractivity contribution in [3.8, 4) is 22.3 Å². The zero-order chi connectivity index (χ0) is 34.0. The van der Waals surface area contributed by atoms with Crippen molar-refractivity contribution in [3.05, 3.63) is 156 Å². The standard InChI is InChI=1S/C50H41NS/c1-2-8-35-28-40(19-15-33(35)7-1)51(41-20-21-44-43-10-4-6-12-48(43)52-49(44)30-41)39-17-13-34(14-18-39)36-16-22-47-45(29-36)42-9-3-5-11-46(42)50(47)37-24-31-23-32(26-37)27-38(50)25-31/h1,3-7,9-22,28-32,37-38H,2,8,23-27H2. The van der Waals surface area contributed by atoms with Gasteiger partial charge in [-0.25, -0.2) is 0 Å². The number of benzene rings is 6. The molecule has 2 heteroatoms. The van der Waals surface area contributed by atoms with Gasteiger partial charge < -0.3 is 4.90 Å². The molecule has 0 unspecified atom stereocenters. The summed E-state index contributed by atoms with van der Waals surface area (Å²) in [5.41, 5.74) is 15.5. The van der Waals surface area contributed by atoms with Crippen molar-refractivity contribution in [2.45, 2.75) is 50.4 Å². The Balaban J connectivity index is 0.954. The number of thiophene rings is 1. The van der Waals surface area contributed by atoms with E-state index in [2.05, 4.69) is 144 Å². The van der Waals surface area contributed by atoms with Gasteiger partial charge in [0, 0.05) is 42.6 Å². The van der Waals surface area contributed by atoms with Crippen LogP contribution < -0.4 is 4.90 Å². The van der Waals surface area contributed by atoms with Crippen molar-refractivity contribution in [1.29, 1.82) is 0 Å². The van der Waals surface area contributed by atoms with Gasteiger partial charge in [0.1, 0.15) is 0 Å². The number of rotatable bonds is 4. The number of fused-ring (bicyclic) bond motifs is 7. The number of nitrogens with zero attached hydrogens (tertiary/aromatic N) is 1. The average Bonchev–Trinajstić information content (AvgIpc) is 3.70. The highest BCUT2D eigenvalue weighted by molar-refractivity contribution is 7.25. The van der Waals surface area contributed by atoms with E-state index < -0.39 is 0 Å². The molecular formula is C50H41NS. The molecular weight excluding hydrogens is 647 g/mol. The first-order chi connectivity index (χ1) is 25.7. The molecule has 1 spiro atoms. The summed E-state index contributed by atoms with van der Waals surface area (Å²) in [6.45, 7) is 0. The fourth-order valence-corrected chi connectivity index (χ4v) is 13.1. The Hall–Kier alpha value is -4.92. The fourth-order valence-electron chi connectivity index (χ4n) is 12.0. The smallest absolute Gasteiger partial charge is 0.0476 e. The van der Waals surface area contributed by atoms with Gasteiger partial charge in [-0.2, -0.15) is 0 Å². The predicted octanol–water partition coefficient (Wildman–Crippen LogP) is 13.9. The summed E-state index contributed by atoms with van der Waals surface area (Å²) in [5, 5.41) is 2.68. The van der Waals surface area contributed by atoms with E-state index in [1.165, 1.54) is 103 Å². The lowest BCUT2D eigenvalue weighted by Gasteiger charge is -2.61. The molecule has 7 aromatic rings. The quantitative estimate of drug-likeness (QED) is 0.178. The van der Waals surface area contributed by atoms with Crippen LogP contribution in [-0.4, -0.2) is 0 Å². The summed E-state index contributed by atoms with van der Waals surface area (Å²) in [7, 11) is 0. The molecule has 1 aromatic heterocycles.